The number of fused-ring (bicyclic) bond motifs is 6. The fourth-order valence-corrected chi connectivity index (χ4v) is 6.43. The van der Waals surface area contributed by atoms with Crippen LogP contribution in [0.25, 0.3) is 88.5 Å². The zero-order chi connectivity index (χ0) is 29.7. The lowest BCUT2D eigenvalue weighted by Gasteiger charge is -2.13. The van der Waals surface area contributed by atoms with Crippen LogP contribution < -0.4 is 0 Å². The van der Waals surface area contributed by atoms with E-state index < -0.39 is 0 Å². The molecule has 0 aliphatic heterocycles. The van der Waals surface area contributed by atoms with Gasteiger partial charge in [0.2, 0.25) is 0 Å². The maximum absolute atomic E-state index is 6.41. The van der Waals surface area contributed by atoms with Crippen LogP contribution in [0.3, 0.4) is 0 Å². The quantitative estimate of drug-likeness (QED) is 0.210. The molecule has 3 nitrogen and oxygen atoms in total. The molecule has 0 saturated heterocycles. The van der Waals surface area contributed by atoms with Crippen LogP contribution in [0, 0.1) is 0 Å². The zero-order valence-electron chi connectivity index (χ0n) is 24.3. The van der Waals surface area contributed by atoms with Gasteiger partial charge in [-0.05, 0) is 70.1 Å². The fraction of sp³-hybridized carbons (Fsp3) is 0. The monoisotopic (exact) mass is 574 g/mol. The van der Waals surface area contributed by atoms with Crippen LogP contribution in [-0.4, -0.2) is 9.97 Å². The highest BCUT2D eigenvalue weighted by Gasteiger charge is 2.16. The lowest BCUT2D eigenvalue weighted by atomic mass is 9.95. The number of benzene rings is 7. The minimum absolute atomic E-state index is 0.695. The molecule has 0 amide bonds. The molecule has 0 fully saturated rings. The summed E-state index contributed by atoms with van der Waals surface area (Å²) >= 11 is 0. The molecule has 0 atom stereocenters. The van der Waals surface area contributed by atoms with Crippen molar-refractivity contribution in [2.24, 2.45) is 0 Å². The van der Waals surface area contributed by atoms with E-state index in [0.717, 1.165) is 82.7 Å². The van der Waals surface area contributed by atoms with Gasteiger partial charge in [-0.15, -0.1) is 0 Å². The minimum Gasteiger partial charge on any atom is -0.455 e. The van der Waals surface area contributed by atoms with E-state index in [1.807, 2.05) is 30.3 Å². The van der Waals surface area contributed by atoms with Gasteiger partial charge in [-0.2, -0.15) is 0 Å². The molecule has 0 saturated carbocycles. The summed E-state index contributed by atoms with van der Waals surface area (Å²) in [6.07, 6.45) is 0. The van der Waals surface area contributed by atoms with Gasteiger partial charge >= 0.3 is 0 Å². The third-order valence-electron chi connectivity index (χ3n) is 8.64. The maximum atomic E-state index is 6.41. The van der Waals surface area contributed by atoms with Gasteiger partial charge in [0.1, 0.15) is 11.2 Å². The molecule has 0 aliphatic rings. The third kappa shape index (κ3) is 4.37. The van der Waals surface area contributed by atoms with E-state index >= 15 is 0 Å². The highest BCUT2D eigenvalue weighted by molar-refractivity contribution is 6.15. The Morgan fingerprint density at radius 2 is 1.00 bits per heavy atom. The number of nitrogens with zero attached hydrogens (tertiary/aromatic N) is 2. The summed E-state index contributed by atoms with van der Waals surface area (Å²) in [6, 6.07) is 55.0. The molecule has 0 bridgehead atoms. The van der Waals surface area contributed by atoms with Crippen molar-refractivity contribution in [1.82, 2.24) is 9.97 Å². The predicted molar refractivity (Wildman–Crippen MR) is 186 cm³/mol. The normalized spacial score (nSPS) is 11.6. The Kier molecular flexibility index (Phi) is 5.82. The Bertz CT molecular complexity index is 2470. The Morgan fingerprint density at radius 3 is 1.76 bits per heavy atom. The van der Waals surface area contributed by atoms with E-state index in [2.05, 4.69) is 127 Å². The molecule has 7 aromatic carbocycles. The second-order valence-electron chi connectivity index (χ2n) is 11.4. The van der Waals surface area contributed by atoms with Crippen LogP contribution in [0.1, 0.15) is 0 Å². The van der Waals surface area contributed by atoms with Gasteiger partial charge in [-0.3, -0.25) is 0 Å². The molecule has 2 heterocycles. The first-order valence-corrected chi connectivity index (χ1v) is 15.2. The summed E-state index contributed by atoms with van der Waals surface area (Å²) in [5, 5.41) is 5.46. The summed E-state index contributed by atoms with van der Waals surface area (Å²) < 4.78 is 6.41. The summed E-state index contributed by atoms with van der Waals surface area (Å²) in [7, 11) is 0. The molecule has 45 heavy (non-hydrogen) atoms. The van der Waals surface area contributed by atoms with Crippen molar-refractivity contribution in [1.29, 1.82) is 0 Å². The maximum Gasteiger partial charge on any atom is 0.160 e. The Hall–Kier alpha value is -6.06. The number of rotatable bonds is 4. The van der Waals surface area contributed by atoms with Gasteiger partial charge in [0.25, 0.3) is 0 Å². The molecule has 9 rings (SSSR count). The zero-order valence-corrected chi connectivity index (χ0v) is 24.3. The van der Waals surface area contributed by atoms with E-state index in [1.54, 1.807) is 0 Å². The van der Waals surface area contributed by atoms with Crippen LogP contribution >= 0.6 is 0 Å². The van der Waals surface area contributed by atoms with Crippen molar-refractivity contribution < 1.29 is 4.42 Å². The molecule has 0 aliphatic carbocycles. The molecule has 0 spiro atoms. The molecule has 0 N–H and O–H groups in total. The van der Waals surface area contributed by atoms with E-state index in [4.69, 9.17) is 14.4 Å². The number of aromatic nitrogens is 2. The van der Waals surface area contributed by atoms with Gasteiger partial charge in [-0.25, -0.2) is 9.97 Å². The second-order valence-corrected chi connectivity index (χ2v) is 11.4. The molecular weight excluding hydrogens is 548 g/mol. The number of hydrogen-bond donors (Lipinski definition) is 0. The van der Waals surface area contributed by atoms with E-state index in [1.165, 1.54) is 0 Å². The van der Waals surface area contributed by atoms with Crippen LogP contribution in [0.4, 0.5) is 0 Å². The van der Waals surface area contributed by atoms with Crippen LogP contribution in [0.15, 0.2) is 162 Å². The van der Waals surface area contributed by atoms with Crippen LogP contribution in [0.5, 0.6) is 0 Å². The fourth-order valence-electron chi connectivity index (χ4n) is 6.43. The third-order valence-corrected chi connectivity index (χ3v) is 8.64. The molecule has 2 aromatic heterocycles. The predicted octanol–water partition coefficient (Wildman–Crippen LogP) is 11.4. The number of hydrogen-bond acceptors (Lipinski definition) is 3. The highest BCUT2D eigenvalue weighted by Crippen LogP contribution is 2.38. The van der Waals surface area contributed by atoms with Gasteiger partial charge in [0, 0.05) is 32.7 Å². The Balaban J connectivity index is 1.28. The molecule has 9 aromatic rings. The molecule has 210 valence electrons. The largest absolute Gasteiger partial charge is 0.455 e. The standard InChI is InChI=1S/C42H26N2O/c1-3-11-27(12-4-1)31-23-32(28-13-5-2-6-14-28)25-33(24-31)42-43-38-17-9-7-16-36(38)40(44-42)30-20-19-29-21-22-35-34-15-8-10-18-39(34)45-41(35)37(29)26-30/h1-26H. The van der Waals surface area contributed by atoms with E-state index in [-0.39, 0.29) is 0 Å². The second kappa shape index (κ2) is 10.3. The molecule has 3 heteroatoms. The molecular formula is C42H26N2O. The van der Waals surface area contributed by atoms with Crippen LogP contribution in [-0.2, 0) is 0 Å². The Morgan fingerprint density at radius 1 is 0.378 bits per heavy atom. The SMILES string of the molecule is c1ccc(-c2cc(-c3ccccc3)cc(-c3nc(-c4ccc5ccc6c7ccccc7oc6c5c4)c4ccccc4n3)c2)cc1. The van der Waals surface area contributed by atoms with Crippen molar-refractivity contribution in [2.75, 3.05) is 0 Å². The highest BCUT2D eigenvalue weighted by atomic mass is 16.3. The van der Waals surface area contributed by atoms with E-state index in [9.17, 15) is 0 Å². The number of furan rings is 1. The number of para-hydroxylation sites is 2. The van der Waals surface area contributed by atoms with Gasteiger partial charge < -0.3 is 4.42 Å². The lowest BCUT2D eigenvalue weighted by Crippen LogP contribution is -1.96. The molecule has 0 radical (unpaired) electrons. The van der Waals surface area contributed by atoms with Gasteiger partial charge in [-0.1, -0.05) is 115 Å². The minimum atomic E-state index is 0.695. The summed E-state index contributed by atoms with van der Waals surface area (Å²) in [4.78, 5) is 10.4. The smallest absolute Gasteiger partial charge is 0.160 e. The van der Waals surface area contributed by atoms with E-state index in [0.29, 0.717) is 5.82 Å². The summed E-state index contributed by atoms with van der Waals surface area (Å²) in [5.41, 5.74) is 10.2. The van der Waals surface area contributed by atoms with Crippen molar-refractivity contribution in [2.45, 2.75) is 0 Å². The van der Waals surface area contributed by atoms with Crippen molar-refractivity contribution in [3.05, 3.63) is 158 Å². The molecule has 0 unspecified atom stereocenters. The average Bonchev–Trinajstić information content (AvgIpc) is 3.51. The van der Waals surface area contributed by atoms with Crippen molar-refractivity contribution >= 4 is 43.6 Å². The van der Waals surface area contributed by atoms with Gasteiger partial charge in [0.05, 0.1) is 11.2 Å². The van der Waals surface area contributed by atoms with Crippen LogP contribution in [0.2, 0.25) is 0 Å². The first-order chi connectivity index (χ1) is 22.3. The van der Waals surface area contributed by atoms with Gasteiger partial charge in [0.15, 0.2) is 5.82 Å². The van der Waals surface area contributed by atoms with Crippen molar-refractivity contribution in [3.63, 3.8) is 0 Å². The summed E-state index contributed by atoms with van der Waals surface area (Å²) in [5.74, 6) is 0.695. The lowest BCUT2D eigenvalue weighted by molar-refractivity contribution is 0.672. The Labute approximate surface area is 260 Å². The summed E-state index contributed by atoms with van der Waals surface area (Å²) in [6.45, 7) is 0. The topological polar surface area (TPSA) is 38.9 Å². The van der Waals surface area contributed by atoms with Crippen molar-refractivity contribution in [3.8, 4) is 44.9 Å². The average molecular weight is 575 g/mol. The first kappa shape index (κ1) is 25.4. The first-order valence-electron chi connectivity index (χ1n) is 15.2.